The van der Waals surface area contributed by atoms with Crippen LogP contribution in [0, 0.1) is 0 Å². The number of phenolic OH excluding ortho intramolecular Hbond substituents is 1. The maximum atomic E-state index is 13.6. The van der Waals surface area contributed by atoms with Gasteiger partial charge < -0.3 is 19.5 Å². The SMILES string of the molecule is CCc1c2c(nc3cc(CN4CC4)c(O)c(CN4CC4)c13)-c1cc3c(c(=O)n1C2)COC(=O)[C@]3(O)CC. The minimum Gasteiger partial charge on any atom is -0.507 e. The van der Waals surface area contributed by atoms with E-state index in [1.165, 1.54) is 0 Å². The van der Waals surface area contributed by atoms with Crippen molar-refractivity contribution in [2.24, 2.45) is 0 Å². The summed E-state index contributed by atoms with van der Waals surface area (Å²) in [4.78, 5) is 35.8. The third-order valence-electron chi connectivity index (χ3n) is 8.45. The normalized spacial score (nSPS) is 22.1. The van der Waals surface area contributed by atoms with Gasteiger partial charge in [0.05, 0.1) is 29.0 Å². The van der Waals surface area contributed by atoms with Gasteiger partial charge in [0.2, 0.25) is 0 Å². The Morgan fingerprint density at radius 2 is 1.76 bits per heavy atom. The van der Waals surface area contributed by atoms with Crippen LogP contribution >= 0.6 is 0 Å². The second-order valence-corrected chi connectivity index (χ2v) is 10.7. The van der Waals surface area contributed by atoms with Crippen molar-refractivity contribution >= 4 is 16.9 Å². The molecule has 0 aliphatic carbocycles. The molecule has 3 aromatic rings. The lowest BCUT2D eigenvalue weighted by atomic mass is 9.86. The number of benzene rings is 1. The van der Waals surface area contributed by atoms with Gasteiger partial charge in [0, 0.05) is 66.9 Å². The molecule has 4 aliphatic rings. The zero-order valence-electron chi connectivity index (χ0n) is 21.1. The number of hydrogen-bond acceptors (Lipinski definition) is 8. The Labute approximate surface area is 213 Å². The highest BCUT2D eigenvalue weighted by molar-refractivity contribution is 5.93. The van der Waals surface area contributed by atoms with Crippen molar-refractivity contribution in [2.45, 2.75) is 58.5 Å². The van der Waals surface area contributed by atoms with E-state index in [0.29, 0.717) is 47.9 Å². The summed E-state index contributed by atoms with van der Waals surface area (Å²) in [5, 5.41) is 23.5. The smallest absolute Gasteiger partial charge is 0.343 e. The number of cyclic esters (lactones) is 1. The number of pyridine rings is 2. The summed E-state index contributed by atoms with van der Waals surface area (Å²) in [7, 11) is 0. The topological polar surface area (TPSA) is 108 Å². The molecule has 1 aromatic carbocycles. The molecular weight excluding hydrogens is 472 g/mol. The first-order valence-corrected chi connectivity index (χ1v) is 13.1. The molecule has 4 aliphatic heterocycles. The molecule has 0 bridgehead atoms. The van der Waals surface area contributed by atoms with Crippen molar-refractivity contribution in [3.63, 3.8) is 0 Å². The molecule has 0 amide bonds. The largest absolute Gasteiger partial charge is 0.507 e. The number of aromatic hydroxyl groups is 1. The Hall–Kier alpha value is -3.27. The van der Waals surface area contributed by atoms with Gasteiger partial charge in [-0.15, -0.1) is 0 Å². The molecule has 9 heteroatoms. The van der Waals surface area contributed by atoms with E-state index in [9.17, 15) is 19.8 Å². The van der Waals surface area contributed by atoms with Crippen molar-refractivity contribution in [1.29, 1.82) is 0 Å². The molecule has 0 unspecified atom stereocenters. The van der Waals surface area contributed by atoms with Crippen LogP contribution in [0.5, 0.6) is 5.75 Å². The first-order chi connectivity index (χ1) is 17.8. The van der Waals surface area contributed by atoms with Crippen LogP contribution in [0.25, 0.3) is 22.3 Å². The lowest BCUT2D eigenvalue weighted by Crippen LogP contribution is -2.44. The quantitative estimate of drug-likeness (QED) is 0.305. The number of fused-ring (bicyclic) bond motifs is 5. The molecule has 2 fully saturated rings. The van der Waals surface area contributed by atoms with Crippen molar-refractivity contribution in [1.82, 2.24) is 19.4 Å². The Balaban J connectivity index is 1.49. The lowest BCUT2D eigenvalue weighted by Gasteiger charge is -2.31. The number of nitrogens with zero attached hydrogens (tertiary/aromatic N) is 4. The summed E-state index contributed by atoms with van der Waals surface area (Å²) in [6.07, 6.45) is 0.834. The monoisotopic (exact) mass is 502 g/mol. The van der Waals surface area contributed by atoms with Crippen LogP contribution in [0.2, 0.25) is 0 Å². The van der Waals surface area contributed by atoms with E-state index in [1.807, 2.05) is 6.07 Å². The minimum absolute atomic E-state index is 0.110. The molecule has 37 heavy (non-hydrogen) atoms. The fraction of sp³-hybridized carbons (Fsp3) is 0.464. The van der Waals surface area contributed by atoms with E-state index >= 15 is 0 Å². The number of carbonyl (C=O) groups is 1. The number of ether oxygens (including phenoxy) is 1. The summed E-state index contributed by atoms with van der Waals surface area (Å²) in [6, 6.07) is 3.76. The molecule has 2 saturated heterocycles. The number of esters is 1. The Morgan fingerprint density at radius 1 is 1.03 bits per heavy atom. The summed E-state index contributed by atoms with van der Waals surface area (Å²) in [5.41, 5.74) is 4.52. The summed E-state index contributed by atoms with van der Waals surface area (Å²) >= 11 is 0. The number of hydrogen-bond donors (Lipinski definition) is 2. The van der Waals surface area contributed by atoms with Gasteiger partial charge in [-0.1, -0.05) is 13.8 Å². The first-order valence-electron chi connectivity index (χ1n) is 13.1. The second kappa shape index (κ2) is 7.86. The van der Waals surface area contributed by atoms with Crippen molar-refractivity contribution in [3.05, 3.63) is 55.9 Å². The van der Waals surface area contributed by atoms with E-state index in [1.54, 1.807) is 17.6 Å². The van der Waals surface area contributed by atoms with Crippen molar-refractivity contribution in [2.75, 3.05) is 26.2 Å². The number of aryl methyl sites for hydroxylation is 1. The Bertz CT molecular complexity index is 1570. The van der Waals surface area contributed by atoms with Gasteiger partial charge in [0.25, 0.3) is 5.56 Å². The van der Waals surface area contributed by atoms with Gasteiger partial charge in [0.1, 0.15) is 12.4 Å². The van der Waals surface area contributed by atoms with Gasteiger partial charge in [0.15, 0.2) is 5.60 Å². The van der Waals surface area contributed by atoms with Gasteiger partial charge in [-0.2, -0.15) is 0 Å². The van der Waals surface area contributed by atoms with Crippen LogP contribution in [0.1, 0.15) is 53.6 Å². The summed E-state index contributed by atoms with van der Waals surface area (Å²) in [6.45, 7) is 9.47. The molecule has 0 spiro atoms. The zero-order chi connectivity index (χ0) is 25.6. The fourth-order valence-corrected chi connectivity index (χ4v) is 6.06. The van der Waals surface area contributed by atoms with Gasteiger partial charge in [-0.3, -0.25) is 14.6 Å². The van der Waals surface area contributed by atoms with Gasteiger partial charge in [-0.05, 0) is 30.5 Å². The van der Waals surface area contributed by atoms with Crippen molar-refractivity contribution in [3.8, 4) is 17.1 Å². The minimum atomic E-state index is -1.85. The highest BCUT2D eigenvalue weighted by Crippen LogP contribution is 2.43. The van der Waals surface area contributed by atoms with Crippen LogP contribution in [0.15, 0.2) is 16.9 Å². The predicted octanol–water partition coefficient (Wildman–Crippen LogP) is 1.98. The van der Waals surface area contributed by atoms with Crippen LogP contribution in [0.3, 0.4) is 0 Å². The third kappa shape index (κ3) is 3.30. The average Bonchev–Trinajstić information content (AvgIpc) is 3.83. The summed E-state index contributed by atoms with van der Waals surface area (Å²) in [5.74, 6) is -0.365. The van der Waals surface area contributed by atoms with Crippen LogP contribution < -0.4 is 5.56 Å². The predicted molar refractivity (Wildman–Crippen MR) is 136 cm³/mol. The van der Waals surface area contributed by atoms with E-state index in [-0.39, 0.29) is 18.6 Å². The Morgan fingerprint density at radius 3 is 2.43 bits per heavy atom. The zero-order valence-corrected chi connectivity index (χ0v) is 21.1. The number of phenols is 1. The standard InChI is InChI=1S/C28H30N4O5/c1-3-16-17-13-32-22(10-20-19(26(32)34)14-37-27(35)28(20,36)4-2)24(17)29-21-9-15(11-30-5-6-30)25(33)18(23(16)21)12-31-7-8-31/h9-10,33,36H,3-8,11-14H2,1-2H3/t28-/m0/s1. The maximum absolute atomic E-state index is 13.6. The molecular formula is C28H30N4O5. The van der Waals surface area contributed by atoms with Gasteiger partial charge in [-0.25, -0.2) is 9.78 Å². The highest BCUT2D eigenvalue weighted by Gasteiger charge is 2.45. The molecule has 9 nitrogen and oxygen atoms in total. The van der Waals surface area contributed by atoms with Crippen LogP contribution in [-0.4, -0.2) is 61.7 Å². The maximum Gasteiger partial charge on any atom is 0.343 e. The number of aromatic nitrogens is 2. The molecule has 1 atom stereocenters. The number of aliphatic hydroxyl groups is 1. The Kier molecular flexibility index (Phi) is 4.87. The van der Waals surface area contributed by atoms with E-state index in [0.717, 1.165) is 65.8 Å². The molecule has 6 heterocycles. The van der Waals surface area contributed by atoms with E-state index in [2.05, 4.69) is 16.7 Å². The fourth-order valence-electron chi connectivity index (χ4n) is 6.06. The molecule has 2 aromatic heterocycles. The second-order valence-electron chi connectivity index (χ2n) is 10.7. The average molecular weight is 503 g/mol. The highest BCUT2D eigenvalue weighted by atomic mass is 16.6. The molecule has 7 rings (SSSR count). The number of rotatable bonds is 6. The van der Waals surface area contributed by atoms with E-state index < -0.39 is 11.6 Å². The number of carbonyl (C=O) groups excluding carboxylic acids is 1. The molecule has 0 radical (unpaired) electrons. The molecule has 192 valence electrons. The molecule has 2 N–H and O–H groups in total. The van der Waals surface area contributed by atoms with Crippen LogP contribution in [0.4, 0.5) is 0 Å². The first kappa shape index (κ1) is 22.9. The summed E-state index contributed by atoms with van der Waals surface area (Å²) < 4.78 is 6.89. The third-order valence-corrected chi connectivity index (χ3v) is 8.45. The molecule has 0 saturated carbocycles. The van der Waals surface area contributed by atoms with Crippen LogP contribution in [-0.2, 0) is 47.8 Å². The van der Waals surface area contributed by atoms with Gasteiger partial charge >= 0.3 is 5.97 Å². The lowest BCUT2D eigenvalue weighted by molar-refractivity contribution is -0.172. The van der Waals surface area contributed by atoms with Crippen molar-refractivity contribution < 1.29 is 19.7 Å². The van der Waals surface area contributed by atoms with E-state index in [4.69, 9.17) is 9.72 Å².